The number of aryl methyl sites for hydroxylation is 1. The number of hydrogen-bond acceptors (Lipinski definition) is 3. The normalized spacial score (nSPS) is 17.7. The molecule has 1 aromatic carbocycles. The summed E-state index contributed by atoms with van der Waals surface area (Å²) in [5, 5.41) is 0. The van der Waals surface area contributed by atoms with Gasteiger partial charge in [-0.25, -0.2) is 0 Å². The molecule has 5 nitrogen and oxygen atoms in total. The van der Waals surface area contributed by atoms with Crippen LogP contribution in [0.3, 0.4) is 0 Å². The summed E-state index contributed by atoms with van der Waals surface area (Å²) >= 11 is 0. The Morgan fingerprint density at radius 3 is 2.52 bits per heavy atom. The second-order valence-corrected chi connectivity index (χ2v) is 6.50. The molecule has 122 valence electrons. The highest BCUT2D eigenvalue weighted by Crippen LogP contribution is 2.25. The fraction of sp³-hybridized carbons (Fsp3) is 0.500. The van der Waals surface area contributed by atoms with E-state index in [1.165, 1.54) is 17.7 Å². The van der Waals surface area contributed by atoms with Crippen molar-refractivity contribution in [2.45, 2.75) is 45.1 Å². The van der Waals surface area contributed by atoms with E-state index in [-0.39, 0.29) is 30.7 Å². The lowest BCUT2D eigenvalue weighted by atomic mass is 10.1. The summed E-state index contributed by atoms with van der Waals surface area (Å²) in [7, 11) is 1.82. The van der Waals surface area contributed by atoms with Gasteiger partial charge in [0.2, 0.25) is 5.91 Å². The van der Waals surface area contributed by atoms with Gasteiger partial charge in [0.15, 0.2) is 0 Å². The van der Waals surface area contributed by atoms with Crippen molar-refractivity contribution in [1.82, 2.24) is 9.80 Å². The van der Waals surface area contributed by atoms with E-state index in [1.54, 1.807) is 17.0 Å². The fourth-order valence-electron chi connectivity index (χ4n) is 3.49. The van der Waals surface area contributed by atoms with Gasteiger partial charge in [-0.2, -0.15) is 0 Å². The third-order valence-corrected chi connectivity index (χ3v) is 4.94. The van der Waals surface area contributed by atoms with E-state index in [9.17, 15) is 14.4 Å². The van der Waals surface area contributed by atoms with Crippen LogP contribution in [0.1, 0.15) is 58.4 Å². The number of rotatable bonds is 4. The average molecular weight is 314 g/mol. The first-order valence-electron chi connectivity index (χ1n) is 8.21. The number of imide groups is 1. The van der Waals surface area contributed by atoms with E-state index in [1.807, 2.05) is 20.0 Å². The van der Waals surface area contributed by atoms with E-state index in [0.29, 0.717) is 17.2 Å². The molecule has 0 unspecified atom stereocenters. The third kappa shape index (κ3) is 2.87. The number of fused-ring (bicyclic) bond motifs is 1. The van der Waals surface area contributed by atoms with Crippen LogP contribution in [0.5, 0.6) is 0 Å². The number of carbonyl (C=O) groups is 3. The Kier molecular flexibility index (Phi) is 4.20. The zero-order valence-electron chi connectivity index (χ0n) is 13.7. The fourth-order valence-corrected chi connectivity index (χ4v) is 3.49. The lowest BCUT2D eigenvalue weighted by Gasteiger charge is -2.25. The maximum absolute atomic E-state index is 12.4. The highest BCUT2D eigenvalue weighted by molar-refractivity contribution is 6.21. The highest BCUT2D eigenvalue weighted by Gasteiger charge is 2.35. The van der Waals surface area contributed by atoms with Crippen molar-refractivity contribution < 1.29 is 14.4 Å². The Morgan fingerprint density at radius 2 is 1.83 bits per heavy atom. The molecule has 0 spiro atoms. The van der Waals surface area contributed by atoms with Crippen LogP contribution in [0.15, 0.2) is 18.2 Å². The van der Waals surface area contributed by atoms with Gasteiger partial charge in [-0.15, -0.1) is 0 Å². The van der Waals surface area contributed by atoms with E-state index in [4.69, 9.17) is 0 Å². The minimum atomic E-state index is -0.290. The monoisotopic (exact) mass is 314 g/mol. The molecule has 0 radical (unpaired) electrons. The molecule has 0 bridgehead atoms. The molecule has 0 aromatic heterocycles. The van der Waals surface area contributed by atoms with Crippen molar-refractivity contribution in [2.75, 3.05) is 13.6 Å². The molecule has 2 aliphatic rings. The third-order valence-electron chi connectivity index (χ3n) is 4.94. The predicted molar refractivity (Wildman–Crippen MR) is 86.2 cm³/mol. The molecule has 0 N–H and O–H groups in total. The number of hydrogen-bond donors (Lipinski definition) is 0. The first-order valence-corrected chi connectivity index (χ1v) is 8.21. The summed E-state index contributed by atoms with van der Waals surface area (Å²) in [4.78, 5) is 40.0. The van der Waals surface area contributed by atoms with Crippen LogP contribution in [-0.4, -0.2) is 47.2 Å². The lowest BCUT2D eigenvalue weighted by Crippen LogP contribution is -2.38. The maximum Gasteiger partial charge on any atom is 0.261 e. The molecule has 1 fully saturated rings. The van der Waals surface area contributed by atoms with Gasteiger partial charge in [-0.3, -0.25) is 19.3 Å². The van der Waals surface area contributed by atoms with Gasteiger partial charge in [0.05, 0.1) is 11.1 Å². The molecule has 0 saturated heterocycles. The maximum atomic E-state index is 12.4. The van der Waals surface area contributed by atoms with Crippen molar-refractivity contribution in [1.29, 1.82) is 0 Å². The molecular formula is C18H22N2O3. The van der Waals surface area contributed by atoms with Crippen molar-refractivity contribution in [3.8, 4) is 0 Å². The average Bonchev–Trinajstić information content (AvgIpc) is 3.14. The summed E-state index contributed by atoms with van der Waals surface area (Å²) in [5.41, 5.74) is 1.84. The Balaban J connectivity index is 1.64. The second kappa shape index (κ2) is 6.14. The van der Waals surface area contributed by atoms with E-state index in [2.05, 4.69) is 0 Å². The topological polar surface area (TPSA) is 57.7 Å². The van der Waals surface area contributed by atoms with Crippen molar-refractivity contribution in [3.05, 3.63) is 34.9 Å². The number of amides is 3. The molecule has 3 amide bonds. The van der Waals surface area contributed by atoms with E-state index < -0.39 is 0 Å². The standard InChI is InChI=1S/C18H22N2O3/c1-12-7-8-14-15(11-12)18(23)20(17(14)22)10-9-16(21)19(2)13-5-3-4-6-13/h7-8,11,13H,3-6,9-10H2,1-2H3. The summed E-state index contributed by atoms with van der Waals surface area (Å²) < 4.78 is 0. The molecule has 1 aliphatic carbocycles. The minimum absolute atomic E-state index is 0.00429. The molecule has 3 rings (SSSR count). The quantitative estimate of drug-likeness (QED) is 0.802. The van der Waals surface area contributed by atoms with E-state index in [0.717, 1.165) is 18.4 Å². The first-order chi connectivity index (χ1) is 11.0. The number of nitrogens with zero attached hydrogens (tertiary/aromatic N) is 2. The molecule has 0 atom stereocenters. The minimum Gasteiger partial charge on any atom is -0.343 e. The van der Waals surface area contributed by atoms with Gasteiger partial charge in [0, 0.05) is 26.1 Å². The predicted octanol–water partition coefficient (Wildman–Crippen LogP) is 2.38. The summed E-state index contributed by atoms with van der Waals surface area (Å²) in [6.07, 6.45) is 4.63. The molecule has 1 heterocycles. The van der Waals surface area contributed by atoms with E-state index >= 15 is 0 Å². The Labute approximate surface area is 136 Å². The smallest absolute Gasteiger partial charge is 0.261 e. The largest absolute Gasteiger partial charge is 0.343 e. The molecular weight excluding hydrogens is 292 g/mol. The van der Waals surface area contributed by atoms with Crippen LogP contribution in [-0.2, 0) is 4.79 Å². The number of carbonyl (C=O) groups excluding carboxylic acids is 3. The van der Waals surface area contributed by atoms with Crippen LogP contribution in [0, 0.1) is 6.92 Å². The highest BCUT2D eigenvalue weighted by atomic mass is 16.2. The molecule has 5 heteroatoms. The van der Waals surface area contributed by atoms with Crippen LogP contribution in [0.2, 0.25) is 0 Å². The molecule has 1 aliphatic heterocycles. The second-order valence-electron chi connectivity index (χ2n) is 6.50. The SMILES string of the molecule is Cc1ccc2c(c1)C(=O)N(CCC(=O)N(C)C1CCCC1)C2=O. The molecule has 1 saturated carbocycles. The van der Waals surface area contributed by atoms with Gasteiger partial charge in [-0.1, -0.05) is 24.5 Å². The molecule has 23 heavy (non-hydrogen) atoms. The van der Waals surface area contributed by atoms with Crippen LogP contribution >= 0.6 is 0 Å². The summed E-state index contributed by atoms with van der Waals surface area (Å²) in [5.74, 6) is -0.573. The zero-order valence-corrected chi connectivity index (χ0v) is 13.7. The summed E-state index contributed by atoms with van der Waals surface area (Å²) in [6.45, 7) is 2.04. The van der Waals surface area contributed by atoms with Gasteiger partial charge in [-0.05, 0) is 31.9 Å². The lowest BCUT2D eigenvalue weighted by molar-refractivity contribution is -0.131. The van der Waals surface area contributed by atoms with Crippen molar-refractivity contribution in [2.24, 2.45) is 0 Å². The Bertz CT molecular complexity index is 662. The van der Waals surface area contributed by atoms with Crippen LogP contribution < -0.4 is 0 Å². The van der Waals surface area contributed by atoms with Crippen molar-refractivity contribution >= 4 is 17.7 Å². The van der Waals surface area contributed by atoms with Gasteiger partial charge < -0.3 is 4.90 Å². The van der Waals surface area contributed by atoms with Crippen LogP contribution in [0.25, 0.3) is 0 Å². The first kappa shape index (κ1) is 15.7. The number of benzene rings is 1. The Morgan fingerprint density at radius 1 is 1.17 bits per heavy atom. The van der Waals surface area contributed by atoms with Gasteiger partial charge in [0.1, 0.15) is 0 Å². The van der Waals surface area contributed by atoms with Gasteiger partial charge >= 0.3 is 0 Å². The Hall–Kier alpha value is -2.17. The van der Waals surface area contributed by atoms with Crippen LogP contribution in [0.4, 0.5) is 0 Å². The molecule has 1 aromatic rings. The zero-order chi connectivity index (χ0) is 16.6. The summed E-state index contributed by atoms with van der Waals surface area (Å²) in [6, 6.07) is 5.57. The van der Waals surface area contributed by atoms with Crippen molar-refractivity contribution in [3.63, 3.8) is 0 Å². The van der Waals surface area contributed by atoms with Gasteiger partial charge in [0.25, 0.3) is 11.8 Å².